The van der Waals surface area contributed by atoms with E-state index >= 15 is 0 Å². The third-order valence-electron chi connectivity index (χ3n) is 3.38. The van der Waals surface area contributed by atoms with Crippen molar-refractivity contribution in [3.8, 4) is 0 Å². The van der Waals surface area contributed by atoms with Gasteiger partial charge in [-0.15, -0.1) is 0 Å². The zero-order valence-corrected chi connectivity index (χ0v) is 11.3. The van der Waals surface area contributed by atoms with Gasteiger partial charge in [-0.2, -0.15) is 0 Å². The van der Waals surface area contributed by atoms with Gasteiger partial charge in [0.2, 0.25) is 5.91 Å². The summed E-state index contributed by atoms with van der Waals surface area (Å²) >= 11 is 0. The number of carbonyl (C=O) groups is 3. The highest BCUT2D eigenvalue weighted by Gasteiger charge is 2.28. The number of rotatable bonds is 3. The fraction of sp³-hybridized carbons (Fsp3) is 0.385. The quantitative estimate of drug-likeness (QED) is 0.748. The summed E-state index contributed by atoms with van der Waals surface area (Å²) in [4.78, 5) is 39.7. The molecule has 1 unspecified atom stereocenters. The Balaban J connectivity index is 2.08. The van der Waals surface area contributed by atoms with E-state index in [1.165, 1.54) is 23.2 Å². The normalized spacial score (nSPS) is 18.1. The standard InChI is InChI=1S/C13H16N4O4/c14-13(21)17-6-2-3-8(7-17)11(18)16-10-9(12(19)20)4-1-5-15-10/h1,4-5,8H,2-3,6-7H2,(H2,14,21)(H,19,20)(H,15,16,18). The maximum absolute atomic E-state index is 12.2. The number of nitrogens with zero attached hydrogens (tertiary/aromatic N) is 2. The topological polar surface area (TPSA) is 126 Å². The molecule has 8 nitrogen and oxygen atoms in total. The second-order valence-corrected chi connectivity index (χ2v) is 4.82. The van der Waals surface area contributed by atoms with Crippen LogP contribution in [-0.4, -0.2) is 46.0 Å². The van der Waals surface area contributed by atoms with Crippen molar-refractivity contribution in [1.29, 1.82) is 0 Å². The number of carboxylic acids is 1. The second-order valence-electron chi connectivity index (χ2n) is 4.82. The first-order valence-electron chi connectivity index (χ1n) is 6.52. The summed E-state index contributed by atoms with van der Waals surface area (Å²) in [5.41, 5.74) is 5.14. The van der Waals surface area contributed by atoms with E-state index in [0.717, 1.165) is 0 Å². The molecule has 3 amide bonds. The predicted molar refractivity (Wildman–Crippen MR) is 73.7 cm³/mol. The molecule has 0 radical (unpaired) electrons. The van der Waals surface area contributed by atoms with Gasteiger partial charge >= 0.3 is 12.0 Å². The Morgan fingerprint density at radius 3 is 2.86 bits per heavy atom. The van der Waals surface area contributed by atoms with E-state index in [4.69, 9.17) is 10.8 Å². The number of aromatic carboxylic acids is 1. The number of likely N-dealkylation sites (tertiary alicyclic amines) is 1. The Morgan fingerprint density at radius 1 is 1.43 bits per heavy atom. The summed E-state index contributed by atoms with van der Waals surface area (Å²) in [7, 11) is 0. The lowest BCUT2D eigenvalue weighted by molar-refractivity contribution is -0.121. The molecule has 2 heterocycles. The molecule has 8 heteroatoms. The molecule has 2 rings (SSSR count). The first-order chi connectivity index (χ1) is 9.99. The van der Waals surface area contributed by atoms with E-state index in [1.807, 2.05) is 0 Å². The Labute approximate surface area is 120 Å². The molecule has 1 aromatic rings. The van der Waals surface area contributed by atoms with Gasteiger partial charge in [-0.05, 0) is 25.0 Å². The SMILES string of the molecule is NC(=O)N1CCCC(C(=O)Nc2ncccc2C(=O)O)C1. The van der Waals surface area contributed by atoms with Gasteiger partial charge in [-0.3, -0.25) is 4.79 Å². The van der Waals surface area contributed by atoms with Gasteiger partial charge < -0.3 is 21.1 Å². The summed E-state index contributed by atoms with van der Waals surface area (Å²) < 4.78 is 0. The molecular weight excluding hydrogens is 276 g/mol. The molecule has 1 fully saturated rings. The van der Waals surface area contributed by atoms with Crippen LogP contribution in [0.3, 0.4) is 0 Å². The minimum Gasteiger partial charge on any atom is -0.478 e. The molecule has 112 valence electrons. The van der Waals surface area contributed by atoms with Crippen LogP contribution in [0, 0.1) is 5.92 Å². The summed E-state index contributed by atoms with van der Waals surface area (Å²) in [6.45, 7) is 0.763. The van der Waals surface area contributed by atoms with Crippen LogP contribution in [0.2, 0.25) is 0 Å². The van der Waals surface area contributed by atoms with Crippen molar-refractivity contribution in [3.05, 3.63) is 23.9 Å². The molecular formula is C13H16N4O4. The van der Waals surface area contributed by atoms with Crippen molar-refractivity contribution in [2.75, 3.05) is 18.4 Å². The van der Waals surface area contributed by atoms with Crippen LogP contribution < -0.4 is 11.1 Å². The van der Waals surface area contributed by atoms with E-state index in [2.05, 4.69) is 10.3 Å². The Kier molecular flexibility index (Phi) is 4.36. The number of pyridine rings is 1. The molecule has 4 N–H and O–H groups in total. The number of piperidine rings is 1. The van der Waals surface area contributed by atoms with Crippen molar-refractivity contribution in [1.82, 2.24) is 9.88 Å². The molecule has 21 heavy (non-hydrogen) atoms. The molecule has 0 spiro atoms. The Bertz CT molecular complexity index is 575. The van der Waals surface area contributed by atoms with E-state index in [1.54, 1.807) is 0 Å². The number of nitrogens with two attached hydrogens (primary N) is 1. The highest BCUT2D eigenvalue weighted by Crippen LogP contribution is 2.19. The van der Waals surface area contributed by atoms with E-state index in [9.17, 15) is 14.4 Å². The molecule has 0 aromatic carbocycles. The number of hydrogen-bond donors (Lipinski definition) is 3. The van der Waals surface area contributed by atoms with Crippen LogP contribution in [0.15, 0.2) is 18.3 Å². The highest BCUT2D eigenvalue weighted by atomic mass is 16.4. The minimum atomic E-state index is -1.17. The lowest BCUT2D eigenvalue weighted by Crippen LogP contribution is -2.46. The molecule has 0 aliphatic carbocycles. The van der Waals surface area contributed by atoms with Gasteiger partial charge in [-0.1, -0.05) is 0 Å². The molecule has 1 aromatic heterocycles. The van der Waals surface area contributed by atoms with E-state index in [0.29, 0.717) is 19.4 Å². The zero-order chi connectivity index (χ0) is 15.4. The lowest BCUT2D eigenvalue weighted by atomic mass is 9.97. The average molecular weight is 292 g/mol. The van der Waals surface area contributed by atoms with Gasteiger partial charge in [0.05, 0.1) is 5.92 Å². The van der Waals surface area contributed by atoms with Gasteiger partial charge in [0, 0.05) is 19.3 Å². The number of nitrogens with one attached hydrogen (secondary N) is 1. The van der Waals surface area contributed by atoms with Gasteiger partial charge in [0.15, 0.2) is 0 Å². The summed E-state index contributed by atoms with van der Waals surface area (Å²) in [5.74, 6) is -1.94. The van der Waals surface area contributed by atoms with Gasteiger partial charge in [-0.25, -0.2) is 14.6 Å². The number of carboxylic acid groups (broad SMARTS) is 1. The third-order valence-corrected chi connectivity index (χ3v) is 3.38. The van der Waals surface area contributed by atoms with E-state index in [-0.39, 0.29) is 23.8 Å². The minimum absolute atomic E-state index is 0.00574. The maximum atomic E-state index is 12.2. The van der Waals surface area contributed by atoms with Crippen molar-refractivity contribution in [2.24, 2.45) is 11.7 Å². The summed E-state index contributed by atoms with van der Waals surface area (Å²) in [5, 5.41) is 11.6. The number of hydrogen-bond acceptors (Lipinski definition) is 4. The number of amides is 3. The number of aromatic nitrogens is 1. The summed E-state index contributed by atoms with van der Waals surface area (Å²) in [6.07, 6.45) is 2.69. The van der Waals surface area contributed by atoms with Crippen molar-refractivity contribution >= 4 is 23.7 Å². The van der Waals surface area contributed by atoms with Crippen molar-refractivity contribution < 1.29 is 19.5 Å². The molecule has 1 aliphatic rings. The predicted octanol–water partition coefficient (Wildman–Crippen LogP) is 0.509. The average Bonchev–Trinajstić information content (AvgIpc) is 2.47. The molecule has 1 saturated heterocycles. The maximum Gasteiger partial charge on any atom is 0.339 e. The van der Waals surface area contributed by atoms with Gasteiger partial charge in [0.1, 0.15) is 11.4 Å². The van der Waals surface area contributed by atoms with Crippen molar-refractivity contribution in [3.63, 3.8) is 0 Å². The molecule has 1 aliphatic heterocycles. The first-order valence-corrected chi connectivity index (χ1v) is 6.52. The lowest BCUT2D eigenvalue weighted by Gasteiger charge is -2.30. The second kappa shape index (κ2) is 6.21. The monoisotopic (exact) mass is 292 g/mol. The van der Waals surface area contributed by atoms with Crippen LogP contribution in [-0.2, 0) is 4.79 Å². The fourth-order valence-electron chi connectivity index (χ4n) is 2.29. The van der Waals surface area contributed by atoms with Gasteiger partial charge in [0.25, 0.3) is 0 Å². The third kappa shape index (κ3) is 3.47. The van der Waals surface area contributed by atoms with Crippen LogP contribution >= 0.6 is 0 Å². The number of anilines is 1. The zero-order valence-electron chi connectivity index (χ0n) is 11.3. The van der Waals surface area contributed by atoms with E-state index < -0.39 is 17.9 Å². The first kappa shape index (κ1) is 14.8. The smallest absolute Gasteiger partial charge is 0.339 e. The molecule has 0 bridgehead atoms. The Morgan fingerprint density at radius 2 is 2.19 bits per heavy atom. The van der Waals surface area contributed by atoms with Crippen LogP contribution in [0.5, 0.6) is 0 Å². The van der Waals surface area contributed by atoms with Crippen LogP contribution in [0.4, 0.5) is 10.6 Å². The molecule has 0 saturated carbocycles. The number of urea groups is 1. The van der Waals surface area contributed by atoms with Crippen LogP contribution in [0.1, 0.15) is 23.2 Å². The van der Waals surface area contributed by atoms with Crippen molar-refractivity contribution in [2.45, 2.75) is 12.8 Å². The number of carbonyl (C=O) groups excluding carboxylic acids is 2. The Hall–Kier alpha value is -2.64. The highest BCUT2D eigenvalue weighted by molar-refractivity contribution is 6.00. The largest absolute Gasteiger partial charge is 0.478 e. The fourth-order valence-corrected chi connectivity index (χ4v) is 2.29. The van der Waals surface area contributed by atoms with Crippen LogP contribution in [0.25, 0.3) is 0 Å². The summed E-state index contributed by atoms with van der Waals surface area (Å²) in [6, 6.07) is 2.28. The number of primary amides is 1. The molecule has 1 atom stereocenters.